The second-order valence-corrected chi connectivity index (χ2v) is 5.31. The van der Waals surface area contributed by atoms with Gasteiger partial charge in [-0.2, -0.15) is 39.5 Å². The third-order valence-corrected chi connectivity index (χ3v) is 3.28. The number of aliphatic carboxylic acids is 1. The maximum atomic E-state index is 13.0. The zero-order chi connectivity index (χ0) is 18.0. The summed E-state index contributed by atoms with van der Waals surface area (Å²) in [4.78, 5) is 10.1. The Balaban J connectivity index is 4.89. The molecule has 0 aromatic rings. The van der Waals surface area contributed by atoms with Crippen molar-refractivity contribution in [1.29, 1.82) is 0 Å². The number of carbonyl (C=O) groups is 1. The van der Waals surface area contributed by atoms with Gasteiger partial charge in [-0.15, -0.1) is 11.8 Å². The lowest BCUT2D eigenvalue weighted by Crippen LogP contribution is -2.60. The molecule has 3 nitrogen and oxygen atoms in total. The second-order valence-electron chi connectivity index (χ2n) is 4.02. The summed E-state index contributed by atoms with van der Waals surface area (Å²) in [5, 5.41) is 17.1. The van der Waals surface area contributed by atoms with Gasteiger partial charge in [0.15, 0.2) is 0 Å². The SMILES string of the molecule is O=C(O)CC(O)SCCC(F)(F)C(F)(F)C(F)(F)C(F)(F)F. The van der Waals surface area contributed by atoms with Gasteiger partial charge in [0.05, 0.1) is 6.42 Å². The normalized spacial score (nSPS) is 15.7. The van der Waals surface area contributed by atoms with E-state index in [4.69, 9.17) is 10.2 Å². The molecule has 0 aromatic heterocycles. The molecule has 0 saturated carbocycles. The van der Waals surface area contributed by atoms with Crippen LogP contribution in [0.2, 0.25) is 0 Å². The maximum absolute atomic E-state index is 13.0. The Kier molecular flexibility index (Phi) is 6.46. The van der Waals surface area contributed by atoms with E-state index in [0.29, 0.717) is 0 Å². The minimum Gasteiger partial charge on any atom is -0.481 e. The Morgan fingerprint density at radius 2 is 1.41 bits per heavy atom. The van der Waals surface area contributed by atoms with Gasteiger partial charge in [0.1, 0.15) is 5.44 Å². The van der Waals surface area contributed by atoms with Crippen molar-refractivity contribution in [2.45, 2.75) is 42.2 Å². The number of aliphatic hydroxyl groups is 1. The van der Waals surface area contributed by atoms with E-state index in [9.17, 15) is 44.3 Å². The van der Waals surface area contributed by atoms with Crippen molar-refractivity contribution in [2.24, 2.45) is 0 Å². The summed E-state index contributed by atoms with van der Waals surface area (Å²) in [6.07, 6.45) is -9.95. The van der Waals surface area contributed by atoms with Crippen LogP contribution in [-0.2, 0) is 4.79 Å². The molecule has 0 fully saturated rings. The highest BCUT2D eigenvalue weighted by molar-refractivity contribution is 7.99. The third-order valence-electron chi connectivity index (χ3n) is 2.29. The highest BCUT2D eigenvalue weighted by Gasteiger charge is 2.81. The maximum Gasteiger partial charge on any atom is 0.460 e. The smallest absolute Gasteiger partial charge is 0.460 e. The van der Waals surface area contributed by atoms with Crippen LogP contribution in [0.3, 0.4) is 0 Å². The van der Waals surface area contributed by atoms with Crippen LogP contribution in [0.5, 0.6) is 0 Å². The standard InChI is InChI=1S/C9H9F9O3S/c10-6(11,1-2-22-5(21)3-4(19)20)7(12,13)8(14,15)9(16,17)18/h5,21H,1-3H2,(H,19,20). The summed E-state index contributed by atoms with van der Waals surface area (Å²) in [6, 6.07) is 0. The number of alkyl halides is 9. The van der Waals surface area contributed by atoms with Gasteiger partial charge in [0.25, 0.3) is 0 Å². The van der Waals surface area contributed by atoms with Crippen molar-refractivity contribution in [1.82, 2.24) is 0 Å². The molecule has 1 unspecified atom stereocenters. The fraction of sp³-hybridized carbons (Fsp3) is 0.889. The van der Waals surface area contributed by atoms with Crippen LogP contribution in [0.15, 0.2) is 0 Å². The monoisotopic (exact) mass is 368 g/mol. The van der Waals surface area contributed by atoms with E-state index in [1.54, 1.807) is 0 Å². The van der Waals surface area contributed by atoms with Crippen LogP contribution in [0.4, 0.5) is 39.5 Å². The molecule has 132 valence electrons. The van der Waals surface area contributed by atoms with E-state index in [1.807, 2.05) is 0 Å². The molecule has 0 spiro atoms. The van der Waals surface area contributed by atoms with Crippen LogP contribution in [0.1, 0.15) is 12.8 Å². The van der Waals surface area contributed by atoms with Gasteiger partial charge in [0, 0.05) is 12.2 Å². The van der Waals surface area contributed by atoms with Gasteiger partial charge < -0.3 is 10.2 Å². The zero-order valence-corrected chi connectivity index (χ0v) is 11.1. The summed E-state index contributed by atoms with van der Waals surface area (Å²) >= 11 is 0.00107. The van der Waals surface area contributed by atoms with E-state index in [2.05, 4.69) is 0 Å². The fourth-order valence-corrected chi connectivity index (χ4v) is 2.00. The lowest BCUT2D eigenvalue weighted by molar-refractivity contribution is -0.396. The van der Waals surface area contributed by atoms with Gasteiger partial charge >= 0.3 is 29.9 Å². The van der Waals surface area contributed by atoms with Gasteiger partial charge in [-0.05, 0) is 0 Å². The van der Waals surface area contributed by atoms with Crippen LogP contribution < -0.4 is 0 Å². The van der Waals surface area contributed by atoms with Crippen molar-refractivity contribution in [2.75, 3.05) is 5.75 Å². The summed E-state index contributed by atoms with van der Waals surface area (Å²) in [5.74, 6) is -22.1. The molecular formula is C9H9F9O3S. The van der Waals surface area contributed by atoms with Crippen LogP contribution in [-0.4, -0.2) is 51.3 Å². The summed E-state index contributed by atoms with van der Waals surface area (Å²) in [5.41, 5.74) is -1.80. The van der Waals surface area contributed by atoms with Crippen molar-refractivity contribution in [3.63, 3.8) is 0 Å². The van der Waals surface area contributed by atoms with Crippen molar-refractivity contribution < 1.29 is 54.5 Å². The Bertz CT molecular complexity index is 396. The molecule has 0 heterocycles. The highest BCUT2D eigenvalue weighted by Crippen LogP contribution is 2.54. The highest BCUT2D eigenvalue weighted by atomic mass is 32.2. The molecule has 0 aromatic carbocycles. The molecule has 0 aliphatic heterocycles. The molecule has 0 rings (SSSR count). The number of hydrogen-bond donors (Lipinski definition) is 2. The second kappa shape index (κ2) is 6.72. The lowest BCUT2D eigenvalue weighted by atomic mass is 10.0. The average Bonchev–Trinajstić information content (AvgIpc) is 2.25. The predicted octanol–water partition coefficient (Wildman–Crippen LogP) is 3.37. The molecule has 0 saturated heterocycles. The molecule has 0 amide bonds. The summed E-state index contributed by atoms with van der Waals surface area (Å²) in [7, 11) is 0. The number of thioether (sulfide) groups is 1. The third kappa shape index (κ3) is 4.57. The van der Waals surface area contributed by atoms with Crippen LogP contribution >= 0.6 is 11.8 Å². The fourth-order valence-electron chi connectivity index (χ4n) is 1.10. The number of carboxylic acids is 1. The molecule has 13 heteroatoms. The quantitative estimate of drug-likeness (QED) is 0.510. The van der Waals surface area contributed by atoms with Gasteiger partial charge in [0.2, 0.25) is 0 Å². The summed E-state index contributed by atoms with van der Waals surface area (Å²) in [6.45, 7) is 0. The largest absolute Gasteiger partial charge is 0.481 e. The number of carboxylic acid groups (broad SMARTS) is 1. The Labute approximate surface area is 121 Å². The number of hydrogen-bond acceptors (Lipinski definition) is 3. The van der Waals surface area contributed by atoms with E-state index >= 15 is 0 Å². The lowest BCUT2D eigenvalue weighted by Gasteiger charge is -2.33. The minimum absolute atomic E-state index is 0.00107. The predicted molar refractivity (Wildman–Crippen MR) is 56.2 cm³/mol. The molecule has 0 aliphatic rings. The van der Waals surface area contributed by atoms with Crippen molar-refractivity contribution in [3.8, 4) is 0 Å². The molecule has 0 bridgehead atoms. The van der Waals surface area contributed by atoms with Crippen LogP contribution in [0, 0.1) is 0 Å². The first-order valence-electron chi connectivity index (χ1n) is 5.28. The molecular weight excluding hydrogens is 359 g/mol. The van der Waals surface area contributed by atoms with Crippen molar-refractivity contribution >= 4 is 17.7 Å². The molecule has 0 aliphatic carbocycles. The minimum atomic E-state index is -6.95. The van der Waals surface area contributed by atoms with E-state index in [1.165, 1.54) is 0 Å². The zero-order valence-electron chi connectivity index (χ0n) is 10.3. The molecule has 22 heavy (non-hydrogen) atoms. The van der Waals surface area contributed by atoms with E-state index in [0.717, 1.165) is 0 Å². The van der Waals surface area contributed by atoms with Gasteiger partial charge in [-0.1, -0.05) is 0 Å². The number of rotatable bonds is 8. The first kappa shape index (κ1) is 21.1. The molecule has 2 N–H and O–H groups in total. The summed E-state index contributed by atoms with van der Waals surface area (Å²) < 4.78 is 112. The van der Waals surface area contributed by atoms with Gasteiger partial charge in [-0.3, -0.25) is 4.79 Å². The Hall–Kier alpha value is -0.850. The number of aliphatic hydroxyl groups excluding tert-OH is 1. The molecule has 0 radical (unpaired) electrons. The van der Waals surface area contributed by atoms with Gasteiger partial charge in [-0.25, -0.2) is 0 Å². The first-order valence-corrected chi connectivity index (χ1v) is 6.33. The van der Waals surface area contributed by atoms with Crippen LogP contribution in [0.25, 0.3) is 0 Å². The Morgan fingerprint density at radius 3 is 1.77 bits per heavy atom. The van der Waals surface area contributed by atoms with Crippen molar-refractivity contribution in [3.05, 3.63) is 0 Å². The number of halogens is 9. The topological polar surface area (TPSA) is 57.5 Å². The van der Waals surface area contributed by atoms with E-state index in [-0.39, 0.29) is 11.8 Å². The first-order chi connectivity index (χ1) is 9.56. The average molecular weight is 368 g/mol. The molecule has 1 atom stereocenters. The Morgan fingerprint density at radius 1 is 0.955 bits per heavy atom. The van der Waals surface area contributed by atoms with E-state index < -0.39 is 53.9 Å².